The van der Waals surface area contributed by atoms with Crippen LogP contribution in [0.1, 0.15) is 31.9 Å². The monoisotopic (exact) mass is 317 g/mol. The van der Waals surface area contributed by atoms with E-state index in [1.165, 1.54) is 13.2 Å². The molecule has 1 aromatic carbocycles. The molecule has 0 aromatic heterocycles. The molecule has 0 spiro atoms. The third kappa shape index (κ3) is 3.78. The highest BCUT2D eigenvalue weighted by Crippen LogP contribution is 2.21. The summed E-state index contributed by atoms with van der Waals surface area (Å²) in [5.74, 6) is -0.633. The number of ether oxygens (including phenoxy) is 1. The van der Waals surface area contributed by atoms with Crippen LogP contribution in [0.3, 0.4) is 0 Å². The second-order valence-electron chi connectivity index (χ2n) is 4.04. The zero-order valence-corrected chi connectivity index (χ0v) is 12.3. The zero-order chi connectivity index (χ0) is 13.7. The molecular formula is C13H17BrFNO2. The number of carbonyl (C=O) groups excluding carboxylic acids is 1. The molecule has 0 saturated carbocycles. The minimum absolute atomic E-state index is 0.262. The third-order valence-electron chi connectivity index (χ3n) is 2.77. The SMILES string of the molecule is CCC(NC(C)c1ccc(Br)cc1F)C(=O)OC. The number of methoxy groups -OCH3 is 1. The van der Waals surface area contributed by atoms with Crippen LogP contribution in [0, 0.1) is 5.82 Å². The molecular weight excluding hydrogens is 301 g/mol. The third-order valence-corrected chi connectivity index (χ3v) is 3.27. The van der Waals surface area contributed by atoms with E-state index in [4.69, 9.17) is 0 Å². The van der Waals surface area contributed by atoms with E-state index in [1.54, 1.807) is 12.1 Å². The van der Waals surface area contributed by atoms with Gasteiger partial charge in [0.05, 0.1) is 7.11 Å². The summed E-state index contributed by atoms with van der Waals surface area (Å²) >= 11 is 3.21. The van der Waals surface area contributed by atoms with Gasteiger partial charge in [0.25, 0.3) is 0 Å². The van der Waals surface area contributed by atoms with Gasteiger partial charge in [-0.3, -0.25) is 10.1 Å². The van der Waals surface area contributed by atoms with Crippen LogP contribution in [0.4, 0.5) is 4.39 Å². The van der Waals surface area contributed by atoms with Crippen LogP contribution in [0.2, 0.25) is 0 Å². The number of rotatable bonds is 5. The summed E-state index contributed by atoms with van der Waals surface area (Å²) in [6.07, 6.45) is 0.592. The molecule has 1 rings (SSSR count). The molecule has 0 fully saturated rings. The summed E-state index contributed by atoms with van der Waals surface area (Å²) in [5.41, 5.74) is 0.528. The lowest BCUT2D eigenvalue weighted by Gasteiger charge is -2.21. The summed E-state index contributed by atoms with van der Waals surface area (Å²) in [7, 11) is 1.34. The molecule has 1 aromatic rings. The van der Waals surface area contributed by atoms with Gasteiger partial charge in [0.2, 0.25) is 0 Å². The van der Waals surface area contributed by atoms with Crippen LogP contribution in [0.5, 0.6) is 0 Å². The fraction of sp³-hybridized carbons (Fsp3) is 0.462. The first kappa shape index (κ1) is 15.1. The van der Waals surface area contributed by atoms with Gasteiger partial charge < -0.3 is 4.74 Å². The Hall–Kier alpha value is -0.940. The fourth-order valence-electron chi connectivity index (χ4n) is 1.74. The molecule has 0 amide bonds. The van der Waals surface area contributed by atoms with Crippen molar-refractivity contribution in [1.82, 2.24) is 5.32 Å². The molecule has 0 radical (unpaired) electrons. The number of nitrogens with one attached hydrogen (secondary N) is 1. The summed E-state index contributed by atoms with van der Waals surface area (Å²) in [6, 6.07) is 4.19. The Labute approximate surface area is 115 Å². The number of esters is 1. The van der Waals surface area contributed by atoms with Gasteiger partial charge in [0.15, 0.2) is 0 Å². The number of hydrogen-bond donors (Lipinski definition) is 1. The second kappa shape index (κ2) is 6.85. The summed E-state index contributed by atoms with van der Waals surface area (Å²) < 4.78 is 19.1. The van der Waals surface area contributed by atoms with Crippen molar-refractivity contribution >= 4 is 21.9 Å². The molecule has 0 heterocycles. The van der Waals surface area contributed by atoms with Crippen molar-refractivity contribution in [2.45, 2.75) is 32.4 Å². The highest BCUT2D eigenvalue weighted by molar-refractivity contribution is 9.10. The Balaban J connectivity index is 2.80. The first-order valence-electron chi connectivity index (χ1n) is 5.78. The maximum absolute atomic E-state index is 13.8. The van der Waals surface area contributed by atoms with Gasteiger partial charge in [-0.25, -0.2) is 4.39 Å². The van der Waals surface area contributed by atoms with Gasteiger partial charge in [-0.05, 0) is 25.5 Å². The van der Waals surface area contributed by atoms with Crippen molar-refractivity contribution in [3.05, 3.63) is 34.1 Å². The number of carbonyl (C=O) groups is 1. The second-order valence-corrected chi connectivity index (χ2v) is 4.95. The van der Waals surface area contributed by atoms with E-state index in [0.29, 0.717) is 16.5 Å². The first-order valence-corrected chi connectivity index (χ1v) is 6.57. The smallest absolute Gasteiger partial charge is 0.322 e. The van der Waals surface area contributed by atoms with E-state index in [1.807, 2.05) is 13.8 Å². The zero-order valence-electron chi connectivity index (χ0n) is 10.7. The van der Waals surface area contributed by atoms with Crippen molar-refractivity contribution in [1.29, 1.82) is 0 Å². The molecule has 18 heavy (non-hydrogen) atoms. The Morgan fingerprint density at radius 2 is 2.22 bits per heavy atom. The van der Waals surface area contributed by atoms with E-state index in [-0.39, 0.29) is 17.8 Å². The van der Waals surface area contributed by atoms with Gasteiger partial charge in [-0.1, -0.05) is 28.9 Å². The van der Waals surface area contributed by atoms with Gasteiger partial charge in [-0.2, -0.15) is 0 Å². The number of halogens is 2. The summed E-state index contributed by atoms with van der Waals surface area (Å²) in [5, 5.41) is 3.06. The van der Waals surface area contributed by atoms with Crippen LogP contribution in [0.15, 0.2) is 22.7 Å². The molecule has 1 N–H and O–H groups in total. The quantitative estimate of drug-likeness (QED) is 0.848. The molecule has 3 nitrogen and oxygen atoms in total. The minimum Gasteiger partial charge on any atom is -0.468 e. The standard InChI is InChI=1S/C13H17BrFNO2/c1-4-12(13(17)18-3)16-8(2)10-6-5-9(14)7-11(10)15/h5-8,12,16H,4H2,1-3H3. The Morgan fingerprint density at radius 3 is 2.72 bits per heavy atom. The van der Waals surface area contributed by atoms with Crippen molar-refractivity contribution < 1.29 is 13.9 Å². The first-order chi connectivity index (χ1) is 8.49. The molecule has 2 atom stereocenters. The van der Waals surface area contributed by atoms with Crippen LogP contribution < -0.4 is 5.32 Å². The van der Waals surface area contributed by atoms with Crippen LogP contribution >= 0.6 is 15.9 Å². The number of benzene rings is 1. The largest absolute Gasteiger partial charge is 0.468 e. The van der Waals surface area contributed by atoms with E-state index in [2.05, 4.69) is 26.0 Å². The highest BCUT2D eigenvalue weighted by Gasteiger charge is 2.21. The topological polar surface area (TPSA) is 38.3 Å². The van der Waals surface area contributed by atoms with E-state index in [9.17, 15) is 9.18 Å². The lowest BCUT2D eigenvalue weighted by Crippen LogP contribution is -2.38. The van der Waals surface area contributed by atoms with E-state index < -0.39 is 6.04 Å². The van der Waals surface area contributed by atoms with Crippen molar-refractivity contribution in [2.24, 2.45) is 0 Å². The summed E-state index contributed by atoms with van der Waals surface area (Å²) in [4.78, 5) is 11.5. The van der Waals surface area contributed by atoms with Gasteiger partial charge >= 0.3 is 5.97 Å². The normalized spacial score (nSPS) is 14.1. The molecule has 0 aliphatic heterocycles. The van der Waals surface area contributed by atoms with Crippen LogP contribution in [-0.4, -0.2) is 19.1 Å². The molecule has 2 unspecified atom stereocenters. The molecule has 0 aliphatic rings. The minimum atomic E-state index is -0.423. The van der Waals surface area contributed by atoms with E-state index >= 15 is 0 Å². The maximum Gasteiger partial charge on any atom is 0.322 e. The Morgan fingerprint density at radius 1 is 1.56 bits per heavy atom. The lowest BCUT2D eigenvalue weighted by atomic mass is 10.1. The molecule has 100 valence electrons. The molecule has 0 aliphatic carbocycles. The lowest BCUT2D eigenvalue weighted by molar-refractivity contribution is -0.143. The van der Waals surface area contributed by atoms with Crippen LogP contribution in [-0.2, 0) is 9.53 Å². The van der Waals surface area contributed by atoms with E-state index in [0.717, 1.165) is 0 Å². The summed E-state index contributed by atoms with van der Waals surface area (Å²) in [6.45, 7) is 3.69. The number of hydrogen-bond acceptors (Lipinski definition) is 3. The van der Waals surface area contributed by atoms with Crippen molar-refractivity contribution in [3.8, 4) is 0 Å². The average molecular weight is 318 g/mol. The molecule has 5 heteroatoms. The maximum atomic E-state index is 13.8. The highest BCUT2D eigenvalue weighted by atomic mass is 79.9. The molecule has 0 saturated heterocycles. The van der Waals surface area contributed by atoms with Gasteiger partial charge in [0, 0.05) is 16.1 Å². The van der Waals surface area contributed by atoms with Gasteiger partial charge in [0.1, 0.15) is 11.9 Å². The predicted molar refractivity (Wildman–Crippen MR) is 71.7 cm³/mol. The average Bonchev–Trinajstić information content (AvgIpc) is 2.34. The Bertz CT molecular complexity index is 425. The Kier molecular flexibility index (Phi) is 5.75. The van der Waals surface area contributed by atoms with Crippen LogP contribution in [0.25, 0.3) is 0 Å². The van der Waals surface area contributed by atoms with Crippen molar-refractivity contribution in [2.75, 3.05) is 7.11 Å². The molecule has 0 bridgehead atoms. The predicted octanol–water partition coefficient (Wildman–Crippen LogP) is 3.19. The van der Waals surface area contributed by atoms with Gasteiger partial charge in [-0.15, -0.1) is 0 Å². The van der Waals surface area contributed by atoms with Crippen molar-refractivity contribution in [3.63, 3.8) is 0 Å². The fourth-order valence-corrected chi connectivity index (χ4v) is 2.07.